The van der Waals surface area contributed by atoms with Crippen LogP contribution >= 0.6 is 0 Å². The van der Waals surface area contributed by atoms with E-state index in [0.29, 0.717) is 52.1 Å². The molecule has 3 amide bonds. The van der Waals surface area contributed by atoms with Crippen LogP contribution in [-0.4, -0.2) is 83.8 Å². The first kappa shape index (κ1) is 22.2. The molecule has 2 saturated heterocycles. The van der Waals surface area contributed by atoms with E-state index in [-0.39, 0.29) is 29.6 Å². The molecule has 8 heteroatoms. The topological polar surface area (TPSA) is 87.2 Å². The van der Waals surface area contributed by atoms with Gasteiger partial charge in [0.1, 0.15) is 0 Å². The van der Waals surface area contributed by atoms with Gasteiger partial charge >= 0.3 is 5.97 Å². The van der Waals surface area contributed by atoms with Crippen molar-refractivity contribution in [2.24, 2.45) is 11.3 Å². The van der Waals surface area contributed by atoms with Crippen LogP contribution in [-0.2, 0) is 23.9 Å². The molecule has 0 saturated carbocycles. The summed E-state index contributed by atoms with van der Waals surface area (Å²) in [5.41, 5.74) is -0.430. The van der Waals surface area contributed by atoms with Gasteiger partial charge in [0, 0.05) is 51.6 Å². The molecule has 0 N–H and O–H groups in total. The highest BCUT2D eigenvalue weighted by Crippen LogP contribution is 2.24. The van der Waals surface area contributed by atoms with E-state index in [1.54, 1.807) is 21.6 Å². The van der Waals surface area contributed by atoms with E-state index in [1.807, 2.05) is 20.8 Å². The summed E-state index contributed by atoms with van der Waals surface area (Å²) in [4.78, 5) is 53.9. The molecule has 0 spiro atoms. The number of hydrogen-bond acceptors (Lipinski definition) is 5. The predicted octanol–water partition coefficient (Wildman–Crippen LogP) is 0.894. The van der Waals surface area contributed by atoms with Gasteiger partial charge in [-0.1, -0.05) is 20.8 Å². The molecule has 0 aliphatic carbocycles. The lowest BCUT2D eigenvalue weighted by molar-refractivity contribution is -0.165. The van der Waals surface area contributed by atoms with Gasteiger partial charge in [-0.3, -0.25) is 19.2 Å². The zero-order valence-corrected chi connectivity index (χ0v) is 17.7. The van der Waals surface area contributed by atoms with Gasteiger partial charge in [-0.05, 0) is 19.8 Å². The van der Waals surface area contributed by atoms with Crippen molar-refractivity contribution >= 4 is 23.7 Å². The number of amides is 3. The molecule has 2 fully saturated rings. The normalized spacial score (nSPS) is 20.0. The number of carbonyl (C=O) groups excluding carboxylic acids is 4. The summed E-state index contributed by atoms with van der Waals surface area (Å²) in [5.74, 6) is -0.785. The summed E-state index contributed by atoms with van der Waals surface area (Å²) in [5, 5.41) is 0. The van der Waals surface area contributed by atoms with Gasteiger partial charge in [-0.15, -0.1) is 0 Å². The molecule has 28 heavy (non-hydrogen) atoms. The minimum Gasteiger partial charge on any atom is -0.452 e. The Bertz CT molecular complexity index is 612. The van der Waals surface area contributed by atoms with Gasteiger partial charge in [-0.2, -0.15) is 0 Å². The lowest BCUT2D eigenvalue weighted by atomic mass is 9.91. The highest BCUT2D eigenvalue weighted by Gasteiger charge is 2.35. The molecule has 1 unspecified atom stereocenters. The molecule has 0 aromatic carbocycles. The third-order valence-corrected chi connectivity index (χ3v) is 5.43. The monoisotopic (exact) mass is 395 g/mol. The van der Waals surface area contributed by atoms with Crippen LogP contribution in [0.5, 0.6) is 0 Å². The molecule has 158 valence electrons. The molecule has 0 aromatic heterocycles. The Balaban J connectivity index is 1.79. The van der Waals surface area contributed by atoms with Crippen LogP contribution in [0, 0.1) is 11.3 Å². The number of nitrogens with zero attached hydrogens (tertiary/aromatic N) is 3. The fraction of sp³-hybridized carbons (Fsp3) is 0.800. The average molecular weight is 396 g/mol. The van der Waals surface area contributed by atoms with Crippen LogP contribution in [0.25, 0.3) is 0 Å². The Morgan fingerprint density at radius 3 is 1.82 bits per heavy atom. The van der Waals surface area contributed by atoms with Crippen LogP contribution in [0.2, 0.25) is 0 Å². The minimum atomic E-state index is -0.842. The van der Waals surface area contributed by atoms with Gasteiger partial charge in [-0.25, -0.2) is 0 Å². The lowest BCUT2D eigenvalue weighted by Gasteiger charge is -2.36. The van der Waals surface area contributed by atoms with E-state index in [2.05, 4.69) is 0 Å². The van der Waals surface area contributed by atoms with Crippen molar-refractivity contribution in [2.75, 3.05) is 39.3 Å². The number of carbonyl (C=O) groups is 4. The van der Waals surface area contributed by atoms with Crippen molar-refractivity contribution in [3.63, 3.8) is 0 Å². The maximum atomic E-state index is 12.5. The molecular weight excluding hydrogens is 362 g/mol. The third kappa shape index (κ3) is 5.45. The quantitative estimate of drug-likeness (QED) is 0.663. The minimum absolute atomic E-state index is 0.00265. The first-order chi connectivity index (χ1) is 13.0. The number of rotatable bonds is 3. The Morgan fingerprint density at radius 1 is 0.857 bits per heavy atom. The lowest BCUT2D eigenvalue weighted by Crippen LogP contribution is -2.52. The van der Waals surface area contributed by atoms with Crippen molar-refractivity contribution in [3.8, 4) is 0 Å². The van der Waals surface area contributed by atoms with Crippen LogP contribution in [0.1, 0.15) is 47.5 Å². The largest absolute Gasteiger partial charge is 0.452 e. The zero-order chi connectivity index (χ0) is 21.1. The van der Waals surface area contributed by atoms with Crippen LogP contribution < -0.4 is 0 Å². The fourth-order valence-corrected chi connectivity index (χ4v) is 3.61. The molecule has 2 aliphatic heterocycles. The summed E-state index contributed by atoms with van der Waals surface area (Å²) in [7, 11) is 0. The summed E-state index contributed by atoms with van der Waals surface area (Å²) < 4.78 is 5.43. The van der Waals surface area contributed by atoms with E-state index in [4.69, 9.17) is 4.74 Å². The number of likely N-dealkylation sites (tertiary alicyclic amines) is 1. The van der Waals surface area contributed by atoms with E-state index in [1.165, 1.54) is 6.92 Å². The van der Waals surface area contributed by atoms with Gasteiger partial charge in [0.2, 0.25) is 11.8 Å². The van der Waals surface area contributed by atoms with Crippen molar-refractivity contribution in [1.29, 1.82) is 0 Å². The van der Waals surface area contributed by atoms with Crippen LogP contribution in [0.15, 0.2) is 0 Å². The van der Waals surface area contributed by atoms with Crippen molar-refractivity contribution in [2.45, 2.75) is 53.6 Å². The molecule has 8 nitrogen and oxygen atoms in total. The first-order valence-electron chi connectivity index (χ1n) is 10.0. The third-order valence-electron chi connectivity index (χ3n) is 5.43. The Labute approximate surface area is 167 Å². The SMILES string of the molecule is CC(=O)N1CCN(C(=O)C(C)OC(=O)C2CCN(C(=O)C(C)(C)C)CC2)CC1. The van der Waals surface area contributed by atoms with E-state index in [9.17, 15) is 19.2 Å². The molecule has 0 aromatic rings. The van der Waals surface area contributed by atoms with Gasteiger partial charge < -0.3 is 19.4 Å². The maximum Gasteiger partial charge on any atom is 0.309 e. The molecule has 0 radical (unpaired) electrons. The highest BCUT2D eigenvalue weighted by molar-refractivity contribution is 5.85. The van der Waals surface area contributed by atoms with E-state index >= 15 is 0 Å². The number of hydrogen-bond donors (Lipinski definition) is 0. The number of piperidine rings is 1. The van der Waals surface area contributed by atoms with Crippen molar-refractivity contribution < 1.29 is 23.9 Å². The van der Waals surface area contributed by atoms with Crippen molar-refractivity contribution in [3.05, 3.63) is 0 Å². The number of ether oxygens (including phenoxy) is 1. The maximum absolute atomic E-state index is 12.5. The summed E-state index contributed by atoms with van der Waals surface area (Å²) in [6.07, 6.45) is 0.267. The standard InChI is InChI=1S/C20H33N3O5/c1-14(17(25)22-12-10-21(11-13-22)15(2)24)28-18(26)16-6-8-23(9-7-16)19(27)20(3,4)5/h14,16H,6-13H2,1-5H3. The van der Waals surface area contributed by atoms with E-state index in [0.717, 1.165) is 0 Å². The molecule has 0 bridgehead atoms. The summed E-state index contributed by atoms with van der Waals surface area (Å²) in [6, 6.07) is 0. The zero-order valence-electron chi connectivity index (χ0n) is 17.7. The van der Waals surface area contributed by atoms with Gasteiger partial charge in [0.25, 0.3) is 5.91 Å². The van der Waals surface area contributed by atoms with Crippen molar-refractivity contribution in [1.82, 2.24) is 14.7 Å². The smallest absolute Gasteiger partial charge is 0.309 e. The average Bonchev–Trinajstić information content (AvgIpc) is 2.66. The van der Waals surface area contributed by atoms with Gasteiger partial charge in [0.05, 0.1) is 5.92 Å². The van der Waals surface area contributed by atoms with Crippen LogP contribution in [0.4, 0.5) is 0 Å². The summed E-state index contributed by atoms with van der Waals surface area (Å²) >= 11 is 0. The van der Waals surface area contributed by atoms with Gasteiger partial charge in [0.15, 0.2) is 6.10 Å². The second-order valence-corrected chi connectivity index (χ2v) is 8.73. The molecular formula is C20H33N3O5. The molecule has 2 aliphatic rings. The fourth-order valence-electron chi connectivity index (χ4n) is 3.61. The molecule has 2 heterocycles. The second-order valence-electron chi connectivity index (χ2n) is 8.73. The Morgan fingerprint density at radius 2 is 1.36 bits per heavy atom. The Hall–Kier alpha value is -2.12. The first-order valence-corrected chi connectivity index (χ1v) is 10.0. The molecule has 2 rings (SSSR count). The Kier molecular flexibility index (Phi) is 7.06. The molecule has 1 atom stereocenters. The predicted molar refractivity (Wildman–Crippen MR) is 103 cm³/mol. The second kappa shape index (κ2) is 8.92. The van der Waals surface area contributed by atoms with Crippen LogP contribution in [0.3, 0.4) is 0 Å². The number of piperazine rings is 1. The highest BCUT2D eigenvalue weighted by atomic mass is 16.5. The van der Waals surface area contributed by atoms with E-state index < -0.39 is 11.5 Å². The number of esters is 1. The summed E-state index contributed by atoms with van der Waals surface area (Å²) in [6.45, 7) is 11.7.